The highest BCUT2D eigenvalue weighted by atomic mass is 16.4. The summed E-state index contributed by atoms with van der Waals surface area (Å²) in [7, 11) is 0. The lowest BCUT2D eigenvalue weighted by atomic mass is 10.1. The molecule has 0 saturated carbocycles. The van der Waals surface area contributed by atoms with E-state index in [1.807, 2.05) is 6.92 Å². The lowest BCUT2D eigenvalue weighted by Gasteiger charge is -2.22. The van der Waals surface area contributed by atoms with E-state index >= 15 is 0 Å². The zero-order valence-corrected chi connectivity index (χ0v) is 13.2. The molecule has 0 aromatic heterocycles. The Bertz CT molecular complexity index is 308. The molecular formula is C14H28N2O5. The van der Waals surface area contributed by atoms with E-state index in [2.05, 4.69) is 6.92 Å². The molecule has 0 radical (unpaired) electrons. The molecular weight excluding hydrogens is 276 g/mol. The molecule has 4 N–H and O–H groups in total. The second-order valence-electron chi connectivity index (χ2n) is 4.94. The molecule has 1 amide bonds. The van der Waals surface area contributed by atoms with Crippen LogP contribution < -0.4 is 5.84 Å². The first-order chi connectivity index (χ1) is 9.73. The van der Waals surface area contributed by atoms with Crippen LogP contribution in [0.15, 0.2) is 0 Å². The van der Waals surface area contributed by atoms with Gasteiger partial charge in [-0.1, -0.05) is 45.4 Å². The molecule has 0 spiro atoms. The van der Waals surface area contributed by atoms with Gasteiger partial charge in [-0.05, 0) is 13.3 Å². The molecule has 21 heavy (non-hydrogen) atoms. The summed E-state index contributed by atoms with van der Waals surface area (Å²) < 4.78 is 0. The quantitative estimate of drug-likeness (QED) is 0.207. The molecule has 0 heterocycles. The van der Waals surface area contributed by atoms with Crippen LogP contribution in [-0.2, 0) is 14.4 Å². The van der Waals surface area contributed by atoms with Crippen molar-refractivity contribution in [1.82, 2.24) is 5.01 Å². The van der Waals surface area contributed by atoms with E-state index in [-0.39, 0.29) is 11.9 Å². The fraction of sp³-hybridized carbons (Fsp3) is 0.786. The lowest BCUT2D eigenvalue weighted by Crippen LogP contribution is -2.42. The van der Waals surface area contributed by atoms with Crippen molar-refractivity contribution < 1.29 is 24.6 Å². The highest BCUT2D eigenvalue weighted by Gasteiger charge is 2.11. The Morgan fingerprint density at radius 1 is 1.00 bits per heavy atom. The number of nitrogens with two attached hydrogens (primary N) is 1. The molecule has 0 bridgehead atoms. The summed E-state index contributed by atoms with van der Waals surface area (Å²) >= 11 is 0. The molecule has 0 rings (SSSR count). The fourth-order valence-electron chi connectivity index (χ4n) is 1.67. The topological polar surface area (TPSA) is 121 Å². The summed E-state index contributed by atoms with van der Waals surface area (Å²) in [6.45, 7) is 5.74. The Hall–Kier alpha value is -1.63. The van der Waals surface area contributed by atoms with Gasteiger partial charge in [-0.15, -0.1) is 0 Å². The number of hydrogen-bond donors (Lipinski definition) is 3. The predicted molar refractivity (Wildman–Crippen MR) is 79.4 cm³/mol. The lowest BCUT2D eigenvalue weighted by molar-refractivity contribution is -0.159. The molecule has 7 heteroatoms. The molecule has 0 aromatic carbocycles. The summed E-state index contributed by atoms with van der Waals surface area (Å²) in [5.74, 6) is 1.91. The first kappa shape index (κ1) is 21.7. The van der Waals surface area contributed by atoms with Gasteiger partial charge < -0.3 is 10.2 Å². The maximum Gasteiger partial charge on any atom is 0.414 e. The van der Waals surface area contributed by atoms with Crippen molar-refractivity contribution in [2.24, 2.45) is 5.84 Å². The highest BCUT2D eigenvalue weighted by molar-refractivity contribution is 6.27. The zero-order valence-electron chi connectivity index (χ0n) is 13.2. The van der Waals surface area contributed by atoms with E-state index < -0.39 is 11.9 Å². The van der Waals surface area contributed by atoms with Crippen molar-refractivity contribution in [3.05, 3.63) is 0 Å². The Morgan fingerprint density at radius 2 is 1.43 bits per heavy atom. The summed E-state index contributed by atoms with van der Waals surface area (Å²) in [5.41, 5.74) is 0. The third-order valence-corrected chi connectivity index (χ3v) is 3.00. The third kappa shape index (κ3) is 14.6. The van der Waals surface area contributed by atoms with Crippen LogP contribution in [0.2, 0.25) is 0 Å². The van der Waals surface area contributed by atoms with E-state index in [1.54, 1.807) is 0 Å². The van der Waals surface area contributed by atoms with Gasteiger partial charge in [-0.2, -0.15) is 0 Å². The van der Waals surface area contributed by atoms with Gasteiger partial charge in [0.2, 0.25) is 5.91 Å². The smallest absolute Gasteiger partial charge is 0.414 e. The van der Waals surface area contributed by atoms with Crippen molar-refractivity contribution in [3.8, 4) is 0 Å². The molecule has 7 nitrogen and oxygen atoms in total. The number of unbranched alkanes of at least 4 members (excludes halogenated alkanes) is 5. The number of carbonyl (C=O) groups is 3. The number of carboxylic acid groups (broad SMARTS) is 2. The van der Waals surface area contributed by atoms with E-state index in [4.69, 9.17) is 25.6 Å². The van der Waals surface area contributed by atoms with Gasteiger partial charge in [-0.25, -0.2) is 15.4 Å². The Labute approximate surface area is 126 Å². The molecule has 0 aliphatic rings. The van der Waals surface area contributed by atoms with Crippen LogP contribution in [0.3, 0.4) is 0 Å². The second-order valence-corrected chi connectivity index (χ2v) is 4.94. The van der Waals surface area contributed by atoms with Crippen molar-refractivity contribution in [1.29, 1.82) is 0 Å². The van der Waals surface area contributed by atoms with Crippen LogP contribution in [0.4, 0.5) is 0 Å². The fourth-order valence-corrected chi connectivity index (χ4v) is 1.67. The summed E-state index contributed by atoms with van der Waals surface area (Å²) in [6.07, 6.45) is 8.72. The molecule has 0 aliphatic heterocycles. The molecule has 0 aliphatic carbocycles. The van der Waals surface area contributed by atoms with Crippen LogP contribution in [0, 0.1) is 0 Å². The zero-order chi connectivity index (χ0) is 16.8. The van der Waals surface area contributed by atoms with Gasteiger partial charge in [0, 0.05) is 13.0 Å². The standard InChI is InChI=1S/C12H26N2O.C2H2O4/c1-4-5-6-7-8-9-10-11(2)14(13)12(3)15;3-1(4)2(5)6/h11H,4-10,13H2,1-3H3;(H,3,4)(H,5,6). The van der Waals surface area contributed by atoms with Crippen LogP contribution in [0.25, 0.3) is 0 Å². The molecule has 124 valence electrons. The third-order valence-electron chi connectivity index (χ3n) is 3.00. The average molecular weight is 304 g/mol. The van der Waals surface area contributed by atoms with Crippen LogP contribution in [-0.4, -0.2) is 39.1 Å². The maximum absolute atomic E-state index is 11.0. The molecule has 0 saturated heterocycles. The monoisotopic (exact) mass is 304 g/mol. The van der Waals surface area contributed by atoms with Gasteiger partial charge in [0.1, 0.15) is 0 Å². The number of hydrogen-bond acceptors (Lipinski definition) is 4. The number of amides is 1. The van der Waals surface area contributed by atoms with Crippen LogP contribution in [0.5, 0.6) is 0 Å². The summed E-state index contributed by atoms with van der Waals surface area (Å²) in [4.78, 5) is 29.2. The summed E-state index contributed by atoms with van der Waals surface area (Å²) in [6, 6.07) is 0.175. The van der Waals surface area contributed by atoms with E-state index in [1.165, 1.54) is 50.5 Å². The number of rotatable bonds is 8. The number of carbonyl (C=O) groups excluding carboxylic acids is 1. The minimum absolute atomic E-state index is 0.0477. The largest absolute Gasteiger partial charge is 0.473 e. The first-order valence-corrected chi connectivity index (χ1v) is 7.24. The average Bonchev–Trinajstić information content (AvgIpc) is 2.41. The van der Waals surface area contributed by atoms with Crippen LogP contribution in [0.1, 0.15) is 65.7 Å². The SMILES string of the molecule is CCCCCCCCC(C)N(N)C(C)=O.O=C(O)C(=O)O. The summed E-state index contributed by atoms with van der Waals surface area (Å²) in [5, 5.41) is 16.1. The Balaban J connectivity index is 0. The molecule has 0 fully saturated rings. The van der Waals surface area contributed by atoms with Crippen LogP contribution >= 0.6 is 0 Å². The number of hydrazine groups is 1. The second kappa shape index (κ2) is 13.4. The number of aliphatic carboxylic acids is 2. The van der Waals surface area contributed by atoms with Crippen molar-refractivity contribution >= 4 is 17.8 Å². The van der Waals surface area contributed by atoms with E-state index in [0.29, 0.717) is 0 Å². The normalized spacial score (nSPS) is 11.0. The van der Waals surface area contributed by atoms with Gasteiger partial charge in [0.15, 0.2) is 0 Å². The van der Waals surface area contributed by atoms with Gasteiger partial charge in [-0.3, -0.25) is 9.80 Å². The van der Waals surface area contributed by atoms with Crippen molar-refractivity contribution in [3.63, 3.8) is 0 Å². The maximum atomic E-state index is 11.0. The first-order valence-electron chi connectivity index (χ1n) is 7.24. The van der Waals surface area contributed by atoms with E-state index in [9.17, 15) is 4.79 Å². The van der Waals surface area contributed by atoms with Gasteiger partial charge in [0.05, 0.1) is 0 Å². The van der Waals surface area contributed by atoms with Crippen molar-refractivity contribution in [2.75, 3.05) is 0 Å². The van der Waals surface area contributed by atoms with Crippen molar-refractivity contribution in [2.45, 2.75) is 71.8 Å². The molecule has 1 unspecified atom stereocenters. The molecule has 1 atom stereocenters. The number of nitrogens with zero attached hydrogens (tertiary/aromatic N) is 1. The van der Waals surface area contributed by atoms with Gasteiger partial charge in [0.25, 0.3) is 0 Å². The predicted octanol–water partition coefficient (Wildman–Crippen LogP) is 2.00. The van der Waals surface area contributed by atoms with Gasteiger partial charge >= 0.3 is 11.9 Å². The Morgan fingerprint density at radius 3 is 1.81 bits per heavy atom. The van der Waals surface area contributed by atoms with E-state index in [0.717, 1.165) is 6.42 Å². The minimum atomic E-state index is -1.82. The number of carboxylic acids is 2. The minimum Gasteiger partial charge on any atom is -0.473 e. The highest BCUT2D eigenvalue weighted by Crippen LogP contribution is 2.10. The Kier molecular flexibility index (Phi) is 13.8. The molecule has 0 aromatic rings.